The molecule has 0 aliphatic carbocycles. The molecule has 0 aliphatic rings. The monoisotopic (exact) mass is 855 g/mol. The molecule has 0 atom stereocenters. The van der Waals surface area contributed by atoms with Crippen LogP contribution in [0.3, 0.4) is 0 Å². The zero-order chi connectivity index (χ0) is 45.1. The first-order valence-electron chi connectivity index (χ1n) is 21.1. The molecular weight excluding hydrogens is 795 g/mol. The number of nitrogens with zero attached hydrogens (tertiary/aromatic N) is 7. The van der Waals surface area contributed by atoms with Crippen LogP contribution in [-0.2, 0) is 35.5 Å². The highest BCUT2D eigenvalue weighted by atomic mass is 16.6. The lowest BCUT2D eigenvalue weighted by Crippen LogP contribution is -2.35. The predicted octanol–water partition coefficient (Wildman–Crippen LogP) is 6.96. The first kappa shape index (κ1) is 46.7. The number of carbonyl (C=O) groups excluding carboxylic acids is 4. The van der Waals surface area contributed by atoms with Crippen molar-refractivity contribution in [2.45, 2.75) is 106 Å². The van der Waals surface area contributed by atoms with E-state index < -0.39 is 11.7 Å². The second-order valence-corrected chi connectivity index (χ2v) is 16.0. The largest absolute Gasteiger partial charge is 0.497 e. The minimum absolute atomic E-state index is 0.217. The van der Waals surface area contributed by atoms with Crippen molar-refractivity contribution in [3.8, 4) is 11.5 Å². The molecular formula is C45H61N9O8. The lowest BCUT2D eigenvalue weighted by atomic mass is 10.0. The van der Waals surface area contributed by atoms with Gasteiger partial charge >= 0.3 is 12.1 Å². The summed E-state index contributed by atoms with van der Waals surface area (Å²) < 4.78 is 27.0. The van der Waals surface area contributed by atoms with Crippen molar-refractivity contribution in [1.82, 2.24) is 39.3 Å². The summed E-state index contributed by atoms with van der Waals surface area (Å²) in [6, 6.07) is 12.5. The molecule has 0 bridgehead atoms. The number of aryl methyl sites for hydroxylation is 4. The van der Waals surface area contributed by atoms with E-state index in [0.29, 0.717) is 90.8 Å². The third-order valence-corrected chi connectivity index (χ3v) is 10.2. The number of aromatic nitrogens is 6. The third-order valence-electron chi connectivity index (χ3n) is 10.2. The summed E-state index contributed by atoms with van der Waals surface area (Å²) in [4.78, 5) is 58.9. The van der Waals surface area contributed by atoms with Crippen LogP contribution in [0.2, 0.25) is 0 Å². The number of hydrogen-bond donors (Lipinski definition) is 2. The number of methoxy groups -OCH3 is 2. The van der Waals surface area contributed by atoms with Crippen molar-refractivity contribution < 1.29 is 38.1 Å². The van der Waals surface area contributed by atoms with Crippen molar-refractivity contribution in [3.63, 3.8) is 0 Å². The molecule has 5 aromatic rings. The standard InChI is InChI=1S/C45H61N9O8/c1-11-53-39(42(57)61-12-2)34(30(4)50-53)17-14-13-15-24-54-37(25-29(3)49-54)40(55)48-43-47-35-26-31(41(56)51(8)23-16-22-46-44(58)62-45(5,6)7)19-21-36(35)52(43)28-32-18-20-33(59-9)27-38(32)60-10/h18-21,25-27H,11-17,22-24,28H2,1-10H3,(H,46,58)(H,47,48,55). The highest BCUT2D eigenvalue weighted by Gasteiger charge is 2.24. The number of nitrogens with one attached hydrogen (secondary N) is 2. The molecule has 17 nitrogen and oxygen atoms in total. The SMILES string of the molecule is CCOC(=O)c1c(CCCCCn2nc(C)cc2C(=O)Nc2nc3cc(C(=O)N(C)CCCNC(=O)OC(C)(C)C)ccc3n2Cc2ccc(OC)cc2OC)c(C)nn1CC. The van der Waals surface area contributed by atoms with Crippen LogP contribution in [0.1, 0.15) is 114 Å². The molecule has 0 aliphatic heterocycles. The fraction of sp³-hybridized carbons (Fsp3) is 0.489. The maximum absolute atomic E-state index is 14.1. The van der Waals surface area contributed by atoms with Gasteiger partial charge in [0.2, 0.25) is 5.95 Å². The van der Waals surface area contributed by atoms with Gasteiger partial charge in [0.25, 0.3) is 11.8 Å². The second-order valence-electron chi connectivity index (χ2n) is 16.0. The van der Waals surface area contributed by atoms with Gasteiger partial charge in [-0.25, -0.2) is 14.6 Å². The molecule has 0 saturated carbocycles. The predicted molar refractivity (Wildman–Crippen MR) is 235 cm³/mol. The van der Waals surface area contributed by atoms with E-state index >= 15 is 0 Å². The van der Waals surface area contributed by atoms with Crippen LogP contribution in [0, 0.1) is 13.8 Å². The molecule has 0 spiro atoms. The summed E-state index contributed by atoms with van der Waals surface area (Å²) in [7, 11) is 4.87. The van der Waals surface area contributed by atoms with Crippen molar-refractivity contribution in [1.29, 1.82) is 0 Å². The number of carbonyl (C=O) groups is 4. The quantitative estimate of drug-likeness (QED) is 0.0609. The van der Waals surface area contributed by atoms with Crippen molar-refractivity contribution >= 4 is 40.9 Å². The molecule has 3 heterocycles. The molecule has 62 heavy (non-hydrogen) atoms. The van der Waals surface area contributed by atoms with E-state index in [4.69, 9.17) is 23.9 Å². The van der Waals surface area contributed by atoms with Crippen LogP contribution in [0.15, 0.2) is 42.5 Å². The van der Waals surface area contributed by atoms with Gasteiger partial charge in [-0.2, -0.15) is 10.2 Å². The van der Waals surface area contributed by atoms with E-state index in [-0.39, 0.29) is 30.3 Å². The summed E-state index contributed by atoms with van der Waals surface area (Å²) >= 11 is 0. The van der Waals surface area contributed by atoms with E-state index in [9.17, 15) is 19.2 Å². The van der Waals surface area contributed by atoms with Crippen molar-refractivity contribution in [2.75, 3.05) is 46.3 Å². The lowest BCUT2D eigenvalue weighted by Gasteiger charge is -2.20. The number of imidazole rings is 1. The van der Waals surface area contributed by atoms with Crippen LogP contribution in [0.4, 0.5) is 10.7 Å². The van der Waals surface area contributed by atoms with Gasteiger partial charge in [-0.1, -0.05) is 6.42 Å². The van der Waals surface area contributed by atoms with Gasteiger partial charge in [-0.15, -0.1) is 0 Å². The molecule has 3 aromatic heterocycles. The molecule has 0 saturated heterocycles. The Hall–Kier alpha value is -6.39. The molecule has 0 fully saturated rings. The van der Waals surface area contributed by atoms with Gasteiger partial charge in [0, 0.05) is 56.0 Å². The van der Waals surface area contributed by atoms with Crippen molar-refractivity contribution in [2.24, 2.45) is 0 Å². The van der Waals surface area contributed by atoms with E-state index in [0.717, 1.165) is 36.1 Å². The van der Waals surface area contributed by atoms with Crippen LogP contribution in [0.25, 0.3) is 11.0 Å². The Kier molecular flexibility index (Phi) is 15.8. The fourth-order valence-corrected chi connectivity index (χ4v) is 7.19. The number of ether oxygens (including phenoxy) is 4. The lowest BCUT2D eigenvalue weighted by molar-refractivity contribution is 0.0505. The maximum Gasteiger partial charge on any atom is 0.407 e. The average molecular weight is 856 g/mol. The van der Waals surface area contributed by atoms with Crippen LogP contribution >= 0.6 is 0 Å². The Morgan fingerprint density at radius 2 is 1.66 bits per heavy atom. The molecule has 2 N–H and O–H groups in total. The van der Waals surface area contributed by atoms with Gasteiger partial charge in [-0.05, 0) is 111 Å². The maximum atomic E-state index is 14.1. The Morgan fingerprint density at radius 1 is 0.887 bits per heavy atom. The number of unbranched alkanes of at least 4 members (excludes halogenated alkanes) is 2. The van der Waals surface area contributed by atoms with Gasteiger partial charge in [0.1, 0.15) is 28.5 Å². The Bertz CT molecular complexity index is 2370. The highest BCUT2D eigenvalue weighted by molar-refractivity contribution is 6.03. The molecule has 17 heteroatoms. The Balaban J connectivity index is 1.32. The summed E-state index contributed by atoms with van der Waals surface area (Å²) in [5.41, 5.74) is 5.15. The van der Waals surface area contributed by atoms with Crippen LogP contribution in [0.5, 0.6) is 11.5 Å². The second kappa shape index (κ2) is 20.9. The Morgan fingerprint density at radius 3 is 2.35 bits per heavy atom. The van der Waals surface area contributed by atoms with E-state index in [1.807, 2.05) is 43.5 Å². The molecule has 0 radical (unpaired) electrons. The summed E-state index contributed by atoms with van der Waals surface area (Å²) in [5, 5.41) is 15.0. The number of anilines is 1. The summed E-state index contributed by atoms with van der Waals surface area (Å²) in [6.07, 6.45) is 3.09. The van der Waals surface area contributed by atoms with E-state index in [1.54, 1.807) is 87.5 Å². The van der Waals surface area contributed by atoms with E-state index in [2.05, 4.69) is 20.8 Å². The molecule has 0 unspecified atom stereocenters. The first-order chi connectivity index (χ1) is 29.6. The third kappa shape index (κ3) is 11.7. The van der Waals surface area contributed by atoms with Gasteiger partial charge in [0.15, 0.2) is 0 Å². The average Bonchev–Trinajstić information content (AvgIpc) is 3.89. The molecule has 5 rings (SSSR count). The molecule has 334 valence electrons. The normalized spacial score (nSPS) is 11.4. The number of hydrogen-bond acceptors (Lipinski definition) is 11. The van der Waals surface area contributed by atoms with Gasteiger partial charge in [-0.3, -0.25) is 24.3 Å². The molecule has 2 aromatic carbocycles. The smallest absolute Gasteiger partial charge is 0.407 e. The highest BCUT2D eigenvalue weighted by Crippen LogP contribution is 2.30. The zero-order valence-electron chi connectivity index (χ0n) is 37.7. The number of esters is 1. The number of rotatable bonds is 20. The Labute approximate surface area is 363 Å². The number of fused-ring (bicyclic) bond motifs is 1. The summed E-state index contributed by atoms with van der Waals surface area (Å²) in [5.74, 6) is 0.546. The van der Waals surface area contributed by atoms with Crippen LogP contribution < -0.4 is 20.1 Å². The summed E-state index contributed by atoms with van der Waals surface area (Å²) in [6.45, 7) is 15.3. The first-order valence-corrected chi connectivity index (χ1v) is 21.1. The number of alkyl carbamates (subject to hydrolysis) is 1. The van der Waals surface area contributed by atoms with Gasteiger partial charge < -0.3 is 33.7 Å². The number of amides is 3. The fourth-order valence-electron chi connectivity index (χ4n) is 7.19. The topological polar surface area (TPSA) is 186 Å². The van der Waals surface area contributed by atoms with Crippen molar-refractivity contribution in [3.05, 3.63) is 81.9 Å². The van der Waals surface area contributed by atoms with Gasteiger partial charge in [0.05, 0.1) is 49.8 Å². The number of benzene rings is 2. The molecule has 3 amide bonds. The minimum Gasteiger partial charge on any atom is -0.497 e. The zero-order valence-corrected chi connectivity index (χ0v) is 37.7. The van der Waals surface area contributed by atoms with Crippen LogP contribution in [-0.4, -0.2) is 104 Å². The minimum atomic E-state index is -0.602. The van der Waals surface area contributed by atoms with E-state index in [1.165, 1.54) is 0 Å².